The average molecular weight is 427 g/mol. The molecule has 0 spiro atoms. The second-order valence-electron chi connectivity index (χ2n) is 4.05. The standard InChI is InChI=1S/2C5H5.C2H2ClN.2BF4.Ti/c2*1-2-4-5-3-1;3-1-2-4;2*2-1(3,4)5;/h2*1-3H,4H2;1H2;;;/q;;;2*-1;+2. The molecule has 0 atom stereocenters. The molecular weight excluding hydrogens is 415 g/mol. The fourth-order valence-corrected chi connectivity index (χ4v) is 3.18. The van der Waals surface area contributed by atoms with Crippen LogP contribution >= 0.6 is 11.6 Å². The number of allylic oxidation sites excluding steroid dienone is 8. The van der Waals surface area contributed by atoms with Crippen molar-refractivity contribution < 1.29 is 53.7 Å². The summed E-state index contributed by atoms with van der Waals surface area (Å²) in [6.45, 7) is 0. The molecule has 0 saturated heterocycles. The van der Waals surface area contributed by atoms with Crippen LogP contribution in [0.3, 0.4) is 0 Å². The topological polar surface area (TPSA) is 23.8 Å². The first-order chi connectivity index (χ1) is 11.4. The molecule has 0 fully saturated rings. The first-order valence-electron chi connectivity index (χ1n) is 6.52. The molecule has 25 heavy (non-hydrogen) atoms. The maximum Gasteiger partial charge on any atom is 0.673 e. The van der Waals surface area contributed by atoms with E-state index < -0.39 is 14.5 Å². The van der Waals surface area contributed by atoms with Gasteiger partial charge in [-0.3, -0.25) is 0 Å². The number of hydrogen-bond acceptors (Lipinski definition) is 1. The molecule has 0 aromatic heterocycles. The van der Waals surface area contributed by atoms with Crippen molar-refractivity contribution in [3.05, 3.63) is 44.2 Å². The SMILES string of the molecule is C1=CC[C]([Ti+2][C]2=CC=CC2)=C1.F[B-](F)(F)F.F[B-](F)(F)F.N#CCCl. The zero-order valence-electron chi connectivity index (χ0n) is 12.6. The van der Waals surface area contributed by atoms with Crippen LogP contribution in [0, 0.1) is 11.3 Å². The maximum absolute atomic E-state index is 9.75. The first kappa shape index (κ1) is 26.3. The van der Waals surface area contributed by atoms with Gasteiger partial charge in [0.1, 0.15) is 5.88 Å². The molecule has 0 aliphatic heterocycles. The van der Waals surface area contributed by atoms with Gasteiger partial charge in [-0.05, 0) is 0 Å². The number of rotatable bonds is 2. The minimum Gasteiger partial charge on any atom is -0.418 e. The van der Waals surface area contributed by atoms with E-state index in [1.807, 2.05) is 0 Å². The number of nitriles is 1. The van der Waals surface area contributed by atoms with Crippen molar-refractivity contribution in [2.45, 2.75) is 12.8 Å². The van der Waals surface area contributed by atoms with E-state index in [9.17, 15) is 34.5 Å². The molecular formula is C12H12B2ClF8NTi. The third-order valence-electron chi connectivity index (χ3n) is 1.92. The quantitative estimate of drug-likeness (QED) is 0.297. The molecule has 138 valence electrons. The van der Waals surface area contributed by atoms with Crippen molar-refractivity contribution in [2.75, 3.05) is 5.88 Å². The molecule has 0 unspecified atom stereocenters. The van der Waals surface area contributed by atoms with Crippen molar-refractivity contribution in [3.8, 4) is 6.07 Å². The minimum atomic E-state index is -6.00. The largest absolute Gasteiger partial charge is 0.673 e. The van der Waals surface area contributed by atoms with Crippen LogP contribution in [0.25, 0.3) is 0 Å². The first-order valence-corrected chi connectivity index (χ1v) is 8.62. The summed E-state index contributed by atoms with van der Waals surface area (Å²) in [4.78, 5) is 0. The van der Waals surface area contributed by atoms with Gasteiger partial charge in [-0.2, -0.15) is 5.26 Å². The second kappa shape index (κ2) is 14.2. The van der Waals surface area contributed by atoms with E-state index in [1.165, 1.54) is 12.8 Å². The van der Waals surface area contributed by atoms with E-state index in [1.54, 1.807) is 13.8 Å². The average Bonchev–Trinajstić information content (AvgIpc) is 3.09. The third kappa shape index (κ3) is 31.3. The van der Waals surface area contributed by atoms with Crippen LogP contribution in [0.15, 0.2) is 44.2 Å². The molecule has 0 saturated carbocycles. The van der Waals surface area contributed by atoms with Crippen molar-refractivity contribution in [2.24, 2.45) is 0 Å². The fraction of sp³-hybridized carbons (Fsp3) is 0.250. The van der Waals surface area contributed by atoms with Crippen LogP contribution in [-0.4, -0.2) is 20.4 Å². The zero-order valence-corrected chi connectivity index (χ0v) is 14.9. The molecule has 0 bridgehead atoms. The predicted octanol–water partition coefficient (Wildman–Crippen LogP) is 6.11. The van der Waals surface area contributed by atoms with E-state index >= 15 is 0 Å². The van der Waals surface area contributed by atoms with E-state index in [-0.39, 0.29) is 25.0 Å². The van der Waals surface area contributed by atoms with Crippen LogP contribution in [0.2, 0.25) is 0 Å². The normalized spacial score (nSPS) is 14.4. The van der Waals surface area contributed by atoms with Crippen molar-refractivity contribution >= 4 is 26.1 Å². The molecule has 2 aliphatic carbocycles. The Morgan fingerprint density at radius 2 is 1.16 bits per heavy atom. The Kier molecular flexibility index (Phi) is 14.9. The van der Waals surface area contributed by atoms with Crippen LogP contribution < -0.4 is 0 Å². The van der Waals surface area contributed by atoms with Gasteiger partial charge in [0.25, 0.3) is 0 Å². The van der Waals surface area contributed by atoms with Gasteiger partial charge in [0.05, 0.1) is 6.07 Å². The van der Waals surface area contributed by atoms with E-state index in [2.05, 4.69) is 36.5 Å². The van der Waals surface area contributed by atoms with E-state index in [0.29, 0.717) is 0 Å². The van der Waals surface area contributed by atoms with E-state index in [0.717, 1.165) is 0 Å². The van der Waals surface area contributed by atoms with Crippen molar-refractivity contribution in [1.82, 2.24) is 0 Å². The molecule has 0 radical (unpaired) electrons. The zero-order chi connectivity index (χ0) is 19.9. The number of alkyl halides is 1. The monoisotopic (exact) mass is 427 g/mol. The molecule has 2 aliphatic rings. The Balaban J connectivity index is 0. The van der Waals surface area contributed by atoms with Gasteiger partial charge in [-0.15, -0.1) is 11.6 Å². The Morgan fingerprint density at radius 1 is 0.880 bits per heavy atom. The summed E-state index contributed by atoms with van der Waals surface area (Å²) >= 11 is 4.91. The summed E-state index contributed by atoms with van der Waals surface area (Å²) in [5.41, 5.74) is 0. The molecule has 0 amide bonds. The summed E-state index contributed by atoms with van der Waals surface area (Å²) in [6.07, 6.45) is 15.9. The minimum absolute atomic E-state index is 0.0833. The van der Waals surface area contributed by atoms with Crippen LogP contribution in [-0.2, 0) is 19.2 Å². The summed E-state index contributed by atoms with van der Waals surface area (Å²) in [6, 6.07) is 1.70. The van der Waals surface area contributed by atoms with Gasteiger partial charge in [-0.25, -0.2) is 0 Å². The van der Waals surface area contributed by atoms with Crippen molar-refractivity contribution in [1.29, 1.82) is 5.26 Å². The summed E-state index contributed by atoms with van der Waals surface area (Å²) in [5, 5.41) is 7.49. The van der Waals surface area contributed by atoms with Gasteiger partial charge in [0.2, 0.25) is 0 Å². The molecule has 0 aromatic carbocycles. The summed E-state index contributed by atoms with van der Waals surface area (Å²) in [7, 11) is -12.0. The van der Waals surface area contributed by atoms with Gasteiger partial charge < -0.3 is 34.5 Å². The maximum atomic E-state index is 9.75. The molecule has 13 heteroatoms. The molecule has 0 aromatic rings. The van der Waals surface area contributed by atoms with E-state index in [4.69, 9.17) is 16.9 Å². The second-order valence-corrected chi connectivity index (χ2v) is 6.72. The summed E-state index contributed by atoms with van der Waals surface area (Å²) in [5.74, 6) is 0.0972. The smallest absolute Gasteiger partial charge is 0.418 e. The van der Waals surface area contributed by atoms with Crippen LogP contribution in [0.1, 0.15) is 12.8 Å². The predicted molar refractivity (Wildman–Crippen MR) is 80.4 cm³/mol. The van der Waals surface area contributed by atoms with Gasteiger partial charge in [0.15, 0.2) is 0 Å². The Labute approximate surface area is 154 Å². The third-order valence-corrected chi connectivity index (χ3v) is 4.20. The van der Waals surface area contributed by atoms with Gasteiger partial charge >= 0.3 is 90.7 Å². The fourth-order valence-electron chi connectivity index (χ4n) is 1.29. The van der Waals surface area contributed by atoms with Crippen LogP contribution in [0.4, 0.5) is 34.5 Å². The number of halogens is 9. The van der Waals surface area contributed by atoms with Gasteiger partial charge in [-0.1, -0.05) is 0 Å². The Bertz CT molecular complexity index is 483. The van der Waals surface area contributed by atoms with Crippen molar-refractivity contribution in [3.63, 3.8) is 0 Å². The molecule has 2 rings (SSSR count). The summed E-state index contributed by atoms with van der Waals surface area (Å²) < 4.78 is 81.4. The van der Waals surface area contributed by atoms with Gasteiger partial charge in [0, 0.05) is 0 Å². The molecule has 0 N–H and O–H groups in total. The number of hydrogen-bond donors (Lipinski definition) is 0. The van der Waals surface area contributed by atoms with Crippen LogP contribution in [0.5, 0.6) is 0 Å². The Hall–Kier alpha value is -0.976. The number of nitrogens with zero attached hydrogens (tertiary/aromatic N) is 1. The Morgan fingerprint density at radius 3 is 1.32 bits per heavy atom. The molecule has 0 heterocycles. The molecule has 1 nitrogen and oxygen atoms in total.